The summed E-state index contributed by atoms with van der Waals surface area (Å²) in [5, 5.41) is 7.48. The maximum absolute atomic E-state index is 7.48. The third-order valence-electron chi connectivity index (χ3n) is 1.88. The van der Waals surface area contributed by atoms with E-state index in [0.29, 0.717) is 0 Å². The van der Waals surface area contributed by atoms with Gasteiger partial charge in [0.2, 0.25) is 0 Å². The predicted octanol–water partition coefficient (Wildman–Crippen LogP) is 2.28. The van der Waals surface area contributed by atoms with Crippen molar-refractivity contribution in [3.05, 3.63) is 35.7 Å². The molecule has 0 spiro atoms. The maximum Gasteiger partial charge on any atom is 0.174 e. The summed E-state index contributed by atoms with van der Waals surface area (Å²) < 4.78 is 4.98. The lowest BCUT2D eigenvalue weighted by Gasteiger charge is -2.04. The van der Waals surface area contributed by atoms with E-state index in [1.54, 1.807) is 0 Å². The molecule has 3 N–H and O–H groups in total. The fourth-order valence-electron chi connectivity index (χ4n) is 1.19. The second-order valence-electron chi connectivity index (χ2n) is 3.12. The topological polar surface area (TPSA) is 75.7 Å². The molecule has 16 heavy (non-hydrogen) atoms. The molecule has 82 valence electrons. The van der Waals surface area contributed by atoms with Crippen LogP contribution in [-0.2, 0) is 0 Å². The van der Waals surface area contributed by atoms with Gasteiger partial charge in [-0.05, 0) is 24.5 Å². The van der Waals surface area contributed by atoms with Gasteiger partial charge in [-0.1, -0.05) is 30.0 Å². The van der Waals surface area contributed by atoms with E-state index in [1.807, 2.05) is 31.2 Å². The largest absolute Gasteiger partial charge is 0.384 e. The lowest BCUT2D eigenvalue weighted by molar-refractivity contribution is 1.10. The molecule has 1 aromatic carbocycles. The van der Waals surface area contributed by atoms with Gasteiger partial charge >= 0.3 is 0 Å². The lowest BCUT2D eigenvalue weighted by atomic mass is 10.2. The molecule has 0 amide bonds. The van der Waals surface area contributed by atoms with Crippen LogP contribution < -0.4 is 5.73 Å². The lowest BCUT2D eigenvalue weighted by Crippen LogP contribution is -2.11. The van der Waals surface area contributed by atoms with Gasteiger partial charge in [0, 0.05) is 10.5 Å². The van der Waals surface area contributed by atoms with E-state index in [2.05, 4.69) is 9.36 Å². The van der Waals surface area contributed by atoms with Crippen LogP contribution in [0.5, 0.6) is 0 Å². The number of aromatic nitrogens is 2. The number of benzene rings is 1. The predicted molar refractivity (Wildman–Crippen MR) is 66.2 cm³/mol. The zero-order valence-electron chi connectivity index (χ0n) is 8.60. The minimum absolute atomic E-state index is 0.0735. The molecule has 0 unspecified atom stereocenters. The van der Waals surface area contributed by atoms with Crippen LogP contribution in [0, 0.1) is 12.3 Å². The van der Waals surface area contributed by atoms with Crippen LogP contribution in [0.1, 0.15) is 11.4 Å². The summed E-state index contributed by atoms with van der Waals surface area (Å²) >= 11 is 2.84. The maximum atomic E-state index is 7.48. The summed E-state index contributed by atoms with van der Waals surface area (Å²) in [4.78, 5) is 5.20. The molecule has 0 saturated carbocycles. The van der Waals surface area contributed by atoms with Crippen molar-refractivity contribution in [2.75, 3.05) is 0 Å². The quantitative estimate of drug-likeness (QED) is 0.647. The summed E-state index contributed by atoms with van der Waals surface area (Å²) in [6, 6.07) is 7.55. The van der Waals surface area contributed by atoms with E-state index >= 15 is 0 Å². The first-order valence-electron chi connectivity index (χ1n) is 4.58. The van der Waals surface area contributed by atoms with Crippen molar-refractivity contribution in [3.8, 4) is 0 Å². The van der Waals surface area contributed by atoms with Crippen LogP contribution in [0.3, 0.4) is 0 Å². The van der Waals surface area contributed by atoms with Crippen LogP contribution in [0.15, 0.2) is 33.5 Å². The molecule has 0 aliphatic rings. The number of nitrogen functional groups attached to an aromatic ring is 1. The smallest absolute Gasteiger partial charge is 0.174 e. The summed E-state index contributed by atoms with van der Waals surface area (Å²) in [5.41, 5.74) is 6.25. The van der Waals surface area contributed by atoms with E-state index in [4.69, 9.17) is 11.1 Å². The Morgan fingerprint density at radius 3 is 2.81 bits per heavy atom. The molecule has 0 atom stereocenters. The third kappa shape index (κ3) is 2.40. The Bertz CT molecular complexity index is 521. The molecule has 0 bridgehead atoms. The molecule has 0 aliphatic heterocycles. The van der Waals surface area contributed by atoms with E-state index in [9.17, 15) is 0 Å². The summed E-state index contributed by atoms with van der Waals surface area (Å²) in [6.45, 7) is 1.86. The van der Waals surface area contributed by atoms with E-state index in [0.717, 1.165) is 20.6 Å². The van der Waals surface area contributed by atoms with Crippen molar-refractivity contribution in [1.29, 1.82) is 5.41 Å². The molecule has 2 aromatic rings. The monoisotopic (exact) mass is 250 g/mol. The Morgan fingerprint density at radius 1 is 1.44 bits per heavy atom. The Hall–Kier alpha value is -1.40. The van der Waals surface area contributed by atoms with Gasteiger partial charge in [-0.25, -0.2) is 4.98 Å². The van der Waals surface area contributed by atoms with E-state index in [-0.39, 0.29) is 5.84 Å². The minimum Gasteiger partial charge on any atom is -0.384 e. The number of amidine groups is 1. The van der Waals surface area contributed by atoms with E-state index < -0.39 is 0 Å². The molecular weight excluding hydrogens is 240 g/mol. The zero-order chi connectivity index (χ0) is 11.5. The van der Waals surface area contributed by atoms with Crippen molar-refractivity contribution in [1.82, 2.24) is 9.36 Å². The molecular formula is C10H10N4S2. The molecule has 4 nitrogen and oxygen atoms in total. The highest BCUT2D eigenvalue weighted by molar-refractivity contribution is 8.01. The average molecular weight is 250 g/mol. The number of nitrogens with zero attached hydrogens (tertiary/aromatic N) is 2. The van der Waals surface area contributed by atoms with Crippen molar-refractivity contribution >= 4 is 29.1 Å². The van der Waals surface area contributed by atoms with Crippen LogP contribution in [0.4, 0.5) is 0 Å². The van der Waals surface area contributed by atoms with Crippen LogP contribution in [-0.4, -0.2) is 15.2 Å². The van der Waals surface area contributed by atoms with Crippen molar-refractivity contribution in [2.45, 2.75) is 16.2 Å². The zero-order valence-corrected chi connectivity index (χ0v) is 10.2. The number of hydrogen-bond donors (Lipinski definition) is 2. The highest BCUT2D eigenvalue weighted by atomic mass is 32.2. The fourth-order valence-corrected chi connectivity index (χ4v) is 2.95. The fraction of sp³-hybridized carbons (Fsp3) is 0.100. The summed E-state index contributed by atoms with van der Waals surface area (Å²) in [6.07, 6.45) is 0. The van der Waals surface area contributed by atoms with E-state index in [1.165, 1.54) is 23.3 Å². The first-order chi connectivity index (χ1) is 7.66. The molecule has 0 aliphatic carbocycles. The van der Waals surface area contributed by atoms with Crippen LogP contribution >= 0.6 is 23.3 Å². The molecule has 1 aromatic heterocycles. The third-order valence-corrected chi connectivity index (χ3v) is 3.80. The Kier molecular flexibility index (Phi) is 3.21. The van der Waals surface area contributed by atoms with Gasteiger partial charge < -0.3 is 5.73 Å². The van der Waals surface area contributed by atoms with Crippen molar-refractivity contribution in [2.24, 2.45) is 5.73 Å². The Morgan fingerprint density at radius 2 is 2.19 bits per heavy atom. The highest BCUT2D eigenvalue weighted by Gasteiger charge is 2.08. The number of rotatable bonds is 3. The van der Waals surface area contributed by atoms with Gasteiger partial charge in [0.15, 0.2) is 4.34 Å². The minimum atomic E-state index is 0.0735. The second-order valence-corrected chi connectivity index (χ2v) is 5.16. The van der Waals surface area contributed by atoms with Gasteiger partial charge in [-0.3, -0.25) is 5.41 Å². The Labute approximate surface area is 102 Å². The molecule has 0 radical (unpaired) electrons. The molecule has 0 fully saturated rings. The standard InChI is InChI=1S/C10H10N4S2/c1-6-13-10(16-14-6)15-8-5-3-2-4-7(8)9(11)12/h2-5H,1H3,(H3,11,12). The summed E-state index contributed by atoms with van der Waals surface area (Å²) in [7, 11) is 0. The first-order valence-corrected chi connectivity index (χ1v) is 6.17. The van der Waals surface area contributed by atoms with Gasteiger partial charge in [0.1, 0.15) is 11.7 Å². The molecule has 6 heteroatoms. The van der Waals surface area contributed by atoms with Gasteiger partial charge in [0.25, 0.3) is 0 Å². The summed E-state index contributed by atoms with van der Waals surface area (Å²) in [5.74, 6) is 0.845. The molecule has 0 saturated heterocycles. The Balaban J connectivity index is 2.31. The van der Waals surface area contributed by atoms with Crippen LogP contribution in [0.2, 0.25) is 0 Å². The SMILES string of the molecule is Cc1nsc(Sc2ccccc2C(=N)N)n1. The normalized spacial score (nSPS) is 10.3. The van der Waals surface area contributed by atoms with Crippen molar-refractivity contribution < 1.29 is 0 Å². The number of nitrogens with two attached hydrogens (primary N) is 1. The number of nitrogens with one attached hydrogen (secondary N) is 1. The van der Waals surface area contributed by atoms with Gasteiger partial charge in [0.05, 0.1) is 0 Å². The second kappa shape index (κ2) is 4.63. The molecule has 2 rings (SSSR count). The number of hydrogen-bond acceptors (Lipinski definition) is 5. The van der Waals surface area contributed by atoms with Gasteiger partial charge in [-0.2, -0.15) is 4.37 Å². The number of aryl methyl sites for hydroxylation is 1. The van der Waals surface area contributed by atoms with Crippen molar-refractivity contribution in [3.63, 3.8) is 0 Å². The average Bonchev–Trinajstić information content (AvgIpc) is 2.64. The molecule has 1 heterocycles. The van der Waals surface area contributed by atoms with Crippen LogP contribution in [0.25, 0.3) is 0 Å². The van der Waals surface area contributed by atoms with Gasteiger partial charge in [-0.15, -0.1) is 0 Å². The first kappa shape index (κ1) is 11.1. The highest BCUT2D eigenvalue weighted by Crippen LogP contribution is 2.31.